The molecule has 0 aromatic heterocycles. The molecule has 0 spiro atoms. The molecule has 0 aliphatic carbocycles. The van der Waals surface area contributed by atoms with Gasteiger partial charge in [0.2, 0.25) is 0 Å². The first-order valence-electron chi connectivity index (χ1n) is 8.63. The zero-order chi connectivity index (χ0) is 21.0. The monoisotopic (exact) mass is 430 g/mol. The topological polar surface area (TPSA) is 84.5 Å². The standard InChI is InChI=1S/C21H19ClN2O4S/c1-14-6-7-15(21(25)23-17-5-3-4-16(22)13-17)12-20(14)24-29(26,27)19-10-8-18(28-2)9-11-19/h3-13,24H,1-2H3,(H,23,25). The third-order valence-electron chi connectivity index (χ3n) is 4.20. The number of amides is 1. The van der Waals surface area contributed by atoms with Gasteiger partial charge >= 0.3 is 0 Å². The Kier molecular flexibility index (Phi) is 6.10. The van der Waals surface area contributed by atoms with E-state index in [1.807, 2.05) is 0 Å². The molecule has 3 aromatic carbocycles. The van der Waals surface area contributed by atoms with Crippen molar-refractivity contribution in [2.45, 2.75) is 11.8 Å². The smallest absolute Gasteiger partial charge is 0.261 e. The Morgan fingerprint density at radius 3 is 2.38 bits per heavy atom. The maximum Gasteiger partial charge on any atom is 0.261 e. The molecule has 6 nitrogen and oxygen atoms in total. The highest BCUT2D eigenvalue weighted by molar-refractivity contribution is 7.92. The maximum atomic E-state index is 12.7. The first-order valence-corrected chi connectivity index (χ1v) is 10.5. The lowest BCUT2D eigenvalue weighted by atomic mass is 10.1. The number of halogens is 1. The molecule has 0 aliphatic rings. The van der Waals surface area contributed by atoms with Crippen LogP contribution >= 0.6 is 11.6 Å². The highest BCUT2D eigenvalue weighted by Gasteiger charge is 2.17. The molecule has 0 atom stereocenters. The number of nitrogens with one attached hydrogen (secondary N) is 2. The highest BCUT2D eigenvalue weighted by Crippen LogP contribution is 2.23. The Labute approximate surface area is 174 Å². The van der Waals surface area contributed by atoms with E-state index in [2.05, 4.69) is 10.0 Å². The molecule has 150 valence electrons. The van der Waals surface area contributed by atoms with Gasteiger partial charge in [0.15, 0.2) is 0 Å². The van der Waals surface area contributed by atoms with Gasteiger partial charge in [-0.3, -0.25) is 9.52 Å². The van der Waals surface area contributed by atoms with Crippen molar-refractivity contribution in [3.8, 4) is 5.75 Å². The molecule has 0 saturated heterocycles. The van der Waals surface area contributed by atoms with Crippen LogP contribution in [0.15, 0.2) is 71.6 Å². The molecule has 0 saturated carbocycles. The summed E-state index contributed by atoms with van der Waals surface area (Å²) in [5, 5.41) is 3.24. The summed E-state index contributed by atoms with van der Waals surface area (Å²) in [4.78, 5) is 12.6. The first-order chi connectivity index (χ1) is 13.8. The lowest BCUT2D eigenvalue weighted by Crippen LogP contribution is -2.16. The summed E-state index contributed by atoms with van der Waals surface area (Å²) in [5.74, 6) is 0.178. The van der Waals surface area contributed by atoms with Crippen LogP contribution in [-0.4, -0.2) is 21.4 Å². The second-order valence-corrected chi connectivity index (χ2v) is 8.39. The number of sulfonamides is 1. The molecule has 3 aromatic rings. The van der Waals surface area contributed by atoms with Crippen LogP contribution < -0.4 is 14.8 Å². The summed E-state index contributed by atoms with van der Waals surface area (Å²) in [6, 6.07) is 17.6. The van der Waals surface area contributed by atoms with Crippen molar-refractivity contribution in [2.24, 2.45) is 0 Å². The predicted molar refractivity (Wildman–Crippen MR) is 114 cm³/mol. The van der Waals surface area contributed by atoms with Crippen LogP contribution in [0.1, 0.15) is 15.9 Å². The van der Waals surface area contributed by atoms with E-state index in [4.69, 9.17) is 16.3 Å². The van der Waals surface area contributed by atoms with Crippen LogP contribution in [-0.2, 0) is 10.0 Å². The number of ether oxygens (including phenoxy) is 1. The van der Waals surface area contributed by atoms with Crippen LogP contribution in [0.3, 0.4) is 0 Å². The van der Waals surface area contributed by atoms with E-state index in [9.17, 15) is 13.2 Å². The average Bonchev–Trinajstić information content (AvgIpc) is 2.69. The molecule has 0 radical (unpaired) electrons. The molecule has 29 heavy (non-hydrogen) atoms. The number of aryl methyl sites for hydroxylation is 1. The SMILES string of the molecule is COc1ccc(S(=O)(=O)Nc2cc(C(=O)Nc3cccc(Cl)c3)ccc2C)cc1. The molecule has 3 rings (SSSR count). The summed E-state index contributed by atoms with van der Waals surface area (Å²) in [7, 11) is -2.32. The van der Waals surface area contributed by atoms with E-state index in [-0.39, 0.29) is 10.8 Å². The second-order valence-electron chi connectivity index (χ2n) is 6.28. The molecule has 1 amide bonds. The Bertz CT molecular complexity index is 1150. The fourth-order valence-electron chi connectivity index (χ4n) is 2.60. The molecule has 2 N–H and O–H groups in total. The zero-order valence-corrected chi connectivity index (χ0v) is 17.3. The lowest BCUT2D eigenvalue weighted by molar-refractivity contribution is 0.102. The van der Waals surface area contributed by atoms with Crippen LogP contribution in [0.4, 0.5) is 11.4 Å². The van der Waals surface area contributed by atoms with Gasteiger partial charge in [-0.25, -0.2) is 8.42 Å². The molecule has 0 heterocycles. The van der Waals surface area contributed by atoms with Crippen LogP contribution in [0.2, 0.25) is 5.02 Å². The number of anilines is 2. The van der Waals surface area contributed by atoms with Crippen molar-refractivity contribution in [1.29, 1.82) is 0 Å². The van der Waals surface area contributed by atoms with E-state index < -0.39 is 10.0 Å². The Morgan fingerprint density at radius 2 is 1.72 bits per heavy atom. The number of carbonyl (C=O) groups is 1. The molecule has 0 bridgehead atoms. The van der Waals surface area contributed by atoms with Gasteiger partial charge in [0.1, 0.15) is 5.75 Å². The molecule has 0 fully saturated rings. The van der Waals surface area contributed by atoms with Crippen molar-refractivity contribution >= 4 is 38.9 Å². The molecule has 0 unspecified atom stereocenters. The van der Waals surface area contributed by atoms with Gasteiger partial charge in [-0.15, -0.1) is 0 Å². The second kappa shape index (κ2) is 8.55. The van der Waals surface area contributed by atoms with Crippen molar-refractivity contribution in [2.75, 3.05) is 17.1 Å². The van der Waals surface area contributed by atoms with Gasteiger partial charge in [-0.05, 0) is 67.1 Å². The van der Waals surface area contributed by atoms with E-state index in [1.165, 1.54) is 25.3 Å². The third kappa shape index (κ3) is 5.07. The number of hydrogen-bond acceptors (Lipinski definition) is 4. The largest absolute Gasteiger partial charge is 0.497 e. The average molecular weight is 431 g/mol. The third-order valence-corrected chi connectivity index (χ3v) is 5.81. The summed E-state index contributed by atoms with van der Waals surface area (Å²) in [6.45, 7) is 1.75. The van der Waals surface area contributed by atoms with Gasteiger partial charge < -0.3 is 10.1 Å². The summed E-state index contributed by atoms with van der Waals surface area (Å²) in [5.41, 5.74) is 1.85. The normalized spacial score (nSPS) is 11.0. The highest BCUT2D eigenvalue weighted by atomic mass is 35.5. The first kappa shape index (κ1) is 20.7. The minimum atomic E-state index is -3.82. The van der Waals surface area contributed by atoms with Crippen LogP contribution in [0.25, 0.3) is 0 Å². The van der Waals surface area contributed by atoms with Gasteiger partial charge in [0.25, 0.3) is 15.9 Å². The van der Waals surface area contributed by atoms with E-state index in [0.717, 1.165) is 0 Å². The van der Waals surface area contributed by atoms with Gasteiger partial charge in [0, 0.05) is 16.3 Å². The molecular formula is C21H19ClN2O4S. The van der Waals surface area contributed by atoms with Gasteiger partial charge in [0.05, 0.1) is 17.7 Å². The minimum Gasteiger partial charge on any atom is -0.497 e. The molecular weight excluding hydrogens is 412 g/mol. The quantitative estimate of drug-likeness (QED) is 0.593. The van der Waals surface area contributed by atoms with Crippen molar-refractivity contribution in [3.05, 3.63) is 82.9 Å². The number of rotatable bonds is 6. The minimum absolute atomic E-state index is 0.0893. The number of carbonyl (C=O) groups excluding carboxylic acids is 1. The van der Waals surface area contributed by atoms with Crippen LogP contribution in [0, 0.1) is 6.92 Å². The lowest BCUT2D eigenvalue weighted by Gasteiger charge is -2.13. The zero-order valence-electron chi connectivity index (χ0n) is 15.8. The molecule has 8 heteroatoms. The number of methoxy groups -OCH3 is 1. The van der Waals surface area contributed by atoms with Crippen molar-refractivity contribution in [3.63, 3.8) is 0 Å². The fraction of sp³-hybridized carbons (Fsp3) is 0.0952. The summed E-state index contributed by atoms with van der Waals surface area (Å²) in [6.07, 6.45) is 0. The van der Waals surface area contributed by atoms with E-state index in [0.29, 0.717) is 33.3 Å². The summed E-state index contributed by atoms with van der Waals surface area (Å²) < 4.78 is 33.0. The summed E-state index contributed by atoms with van der Waals surface area (Å²) >= 11 is 5.93. The Hall–Kier alpha value is -3.03. The van der Waals surface area contributed by atoms with Crippen LogP contribution in [0.5, 0.6) is 5.75 Å². The Balaban J connectivity index is 1.83. The van der Waals surface area contributed by atoms with Crippen molar-refractivity contribution in [1.82, 2.24) is 0 Å². The maximum absolute atomic E-state index is 12.7. The van der Waals surface area contributed by atoms with Gasteiger partial charge in [-0.2, -0.15) is 0 Å². The predicted octanol–water partition coefficient (Wildman–Crippen LogP) is 4.71. The van der Waals surface area contributed by atoms with Gasteiger partial charge in [-0.1, -0.05) is 23.7 Å². The van der Waals surface area contributed by atoms with E-state index >= 15 is 0 Å². The Morgan fingerprint density at radius 1 is 1.00 bits per heavy atom. The number of hydrogen-bond donors (Lipinski definition) is 2. The van der Waals surface area contributed by atoms with E-state index in [1.54, 1.807) is 55.5 Å². The fourth-order valence-corrected chi connectivity index (χ4v) is 3.91. The number of benzene rings is 3. The molecule has 0 aliphatic heterocycles. The van der Waals surface area contributed by atoms with Crippen molar-refractivity contribution < 1.29 is 17.9 Å².